The summed E-state index contributed by atoms with van der Waals surface area (Å²) in [5.41, 5.74) is 1.37. The molecule has 134 valence electrons. The van der Waals surface area contributed by atoms with E-state index in [9.17, 15) is 9.59 Å². The zero-order chi connectivity index (χ0) is 18.3. The van der Waals surface area contributed by atoms with Crippen LogP contribution in [0.1, 0.15) is 33.1 Å². The second-order valence-corrected chi connectivity index (χ2v) is 6.75. The van der Waals surface area contributed by atoms with Gasteiger partial charge in [0.2, 0.25) is 5.91 Å². The molecule has 1 saturated carbocycles. The number of carbonyl (C=O) groups is 2. The molecule has 1 aliphatic carbocycles. The summed E-state index contributed by atoms with van der Waals surface area (Å²) in [6.45, 7) is 3.60. The van der Waals surface area contributed by atoms with E-state index in [0.29, 0.717) is 17.3 Å². The molecule has 2 amide bonds. The first kappa shape index (κ1) is 16.4. The van der Waals surface area contributed by atoms with Crippen molar-refractivity contribution in [2.75, 3.05) is 5.32 Å². The number of amides is 2. The van der Waals surface area contributed by atoms with Crippen LogP contribution in [0.5, 0.6) is 0 Å². The molecule has 0 aromatic carbocycles. The number of nitrogens with one attached hydrogen (secondary N) is 1. The largest absolute Gasteiger partial charge is 0.463 e. The van der Waals surface area contributed by atoms with Crippen molar-refractivity contribution in [3.8, 4) is 11.5 Å². The maximum atomic E-state index is 12.3. The second-order valence-electron chi connectivity index (χ2n) is 6.75. The van der Waals surface area contributed by atoms with E-state index in [4.69, 9.17) is 4.42 Å². The molecule has 1 atom stereocenters. The van der Waals surface area contributed by atoms with Gasteiger partial charge < -0.3 is 9.73 Å². The predicted molar refractivity (Wildman–Crippen MR) is 96.0 cm³/mol. The van der Waals surface area contributed by atoms with Gasteiger partial charge in [0.1, 0.15) is 11.5 Å². The van der Waals surface area contributed by atoms with Gasteiger partial charge in [0.25, 0.3) is 11.9 Å². The van der Waals surface area contributed by atoms with Crippen molar-refractivity contribution in [1.29, 1.82) is 0 Å². The molecule has 1 unspecified atom stereocenters. The molecular weight excluding hydrogens is 334 g/mol. The Balaban J connectivity index is 1.76. The number of hydrogen-bond acceptors (Lipinski definition) is 5. The highest BCUT2D eigenvalue weighted by atomic mass is 16.3. The van der Waals surface area contributed by atoms with Crippen molar-refractivity contribution in [2.45, 2.75) is 33.1 Å². The monoisotopic (exact) mass is 353 g/mol. The number of furan rings is 1. The maximum absolute atomic E-state index is 12.3. The van der Waals surface area contributed by atoms with Gasteiger partial charge in [-0.2, -0.15) is 14.8 Å². The topological polar surface area (TPSA) is 102 Å². The predicted octanol–water partition coefficient (Wildman–Crippen LogP) is 2.72. The zero-order valence-electron chi connectivity index (χ0n) is 14.6. The number of fused-ring (bicyclic) bond motifs is 1. The summed E-state index contributed by atoms with van der Waals surface area (Å²) in [5.74, 6) is 0.378. The van der Waals surface area contributed by atoms with E-state index in [1.165, 1.54) is 4.68 Å². The van der Waals surface area contributed by atoms with Crippen molar-refractivity contribution < 1.29 is 14.0 Å². The van der Waals surface area contributed by atoms with Crippen LogP contribution in [-0.4, -0.2) is 33.3 Å². The Kier molecular flexibility index (Phi) is 4.02. The summed E-state index contributed by atoms with van der Waals surface area (Å²) in [7, 11) is 0. The fraction of sp³-hybridized carbons (Fsp3) is 0.389. The number of anilines is 1. The Morgan fingerprint density at radius 1 is 1.38 bits per heavy atom. The van der Waals surface area contributed by atoms with Crippen LogP contribution in [0.2, 0.25) is 0 Å². The highest BCUT2D eigenvalue weighted by Gasteiger charge is 2.34. The van der Waals surface area contributed by atoms with Crippen molar-refractivity contribution in [3.05, 3.63) is 24.5 Å². The molecule has 0 saturated heterocycles. The summed E-state index contributed by atoms with van der Waals surface area (Å²) in [5, 5.41) is 7.28. The van der Waals surface area contributed by atoms with E-state index in [-0.39, 0.29) is 29.6 Å². The van der Waals surface area contributed by atoms with Gasteiger partial charge in [-0.1, -0.05) is 13.8 Å². The van der Waals surface area contributed by atoms with E-state index in [0.717, 1.165) is 25.0 Å². The van der Waals surface area contributed by atoms with Crippen molar-refractivity contribution in [2.24, 2.45) is 21.8 Å². The third-order valence-corrected chi connectivity index (χ3v) is 4.53. The van der Waals surface area contributed by atoms with Gasteiger partial charge in [0.15, 0.2) is 5.76 Å². The smallest absolute Gasteiger partial charge is 0.257 e. The lowest BCUT2D eigenvalue weighted by Crippen LogP contribution is -2.29. The molecular formula is C18H19N5O3. The first-order valence-electron chi connectivity index (χ1n) is 8.68. The number of hydrogen-bond donors (Lipinski definition) is 1. The maximum Gasteiger partial charge on any atom is 0.257 e. The van der Waals surface area contributed by atoms with E-state index in [2.05, 4.69) is 20.4 Å². The minimum Gasteiger partial charge on any atom is -0.463 e. The Hall–Kier alpha value is -3.03. The molecule has 0 bridgehead atoms. The van der Waals surface area contributed by atoms with Gasteiger partial charge in [-0.15, -0.1) is 0 Å². The van der Waals surface area contributed by atoms with Gasteiger partial charge >= 0.3 is 0 Å². The quantitative estimate of drug-likeness (QED) is 0.916. The molecule has 26 heavy (non-hydrogen) atoms. The van der Waals surface area contributed by atoms with Crippen LogP contribution in [-0.2, 0) is 9.59 Å². The fourth-order valence-corrected chi connectivity index (χ4v) is 3.09. The average Bonchev–Trinajstić information content (AvgIpc) is 3.34. The van der Waals surface area contributed by atoms with Crippen LogP contribution in [0.25, 0.3) is 11.5 Å². The van der Waals surface area contributed by atoms with Gasteiger partial charge in [-0.05, 0) is 31.4 Å². The van der Waals surface area contributed by atoms with Gasteiger partial charge in [-0.3, -0.25) is 9.59 Å². The summed E-state index contributed by atoms with van der Waals surface area (Å²) in [4.78, 5) is 33.1. The standard InChI is InChI=1S/C18H19N5O3/c1-10(2)16(24)20-15-9-13(14-7-4-8-26-14)22-23(15)18-19-12-6-3-5-11(12)17(25)21-18/h4,7-11H,3,5-6H2,1-2H3,(H,20,24). The van der Waals surface area contributed by atoms with Crippen molar-refractivity contribution in [3.63, 3.8) is 0 Å². The van der Waals surface area contributed by atoms with Crippen molar-refractivity contribution >= 4 is 29.3 Å². The minimum absolute atomic E-state index is 0.161. The van der Waals surface area contributed by atoms with Crippen LogP contribution in [0.3, 0.4) is 0 Å². The molecule has 8 heteroatoms. The third-order valence-electron chi connectivity index (χ3n) is 4.53. The van der Waals surface area contributed by atoms with Crippen LogP contribution >= 0.6 is 0 Å². The highest BCUT2D eigenvalue weighted by molar-refractivity contribution is 6.17. The molecule has 4 rings (SSSR count). The molecule has 3 heterocycles. The van der Waals surface area contributed by atoms with Crippen LogP contribution in [0.4, 0.5) is 5.82 Å². The van der Waals surface area contributed by atoms with E-state index in [1.54, 1.807) is 38.3 Å². The molecule has 0 spiro atoms. The SMILES string of the molecule is CC(C)C(=O)Nc1cc(-c2ccco2)nn1C1=NC(=O)C2CCCC2=N1. The lowest BCUT2D eigenvalue weighted by atomic mass is 10.1. The van der Waals surface area contributed by atoms with E-state index < -0.39 is 0 Å². The Morgan fingerprint density at radius 3 is 2.96 bits per heavy atom. The number of nitrogens with zero attached hydrogens (tertiary/aromatic N) is 4. The lowest BCUT2D eigenvalue weighted by Gasteiger charge is -2.15. The summed E-state index contributed by atoms with van der Waals surface area (Å²) >= 11 is 0. The molecule has 2 aromatic rings. The number of rotatable bonds is 3. The van der Waals surface area contributed by atoms with Gasteiger partial charge in [0.05, 0.1) is 12.2 Å². The summed E-state index contributed by atoms with van der Waals surface area (Å²) in [6.07, 6.45) is 4.06. The molecule has 2 aliphatic rings. The Labute approximate surface area is 150 Å². The van der Waals surface area contributed by atoms with Gasteiger partial charge in [0, 0.05) is 17.7 Å². The molecule has 8 nitrogen and oxygen atoms in total. The Morgan fingerprint density at radius 2 is 2.23 bits per heavy atom. The molecule has 1 aliphatic heterocycles. The van der Waals surface area contributed by atoms with Crippen LogP contribution in [0, 0.1) is 11.8 Å². The van der Waals surface area contributed by atoms with Crippen LogP contribution < -0.4 is 5.32 Å². The lowest BCUT2D eigenvalue weighted by molar-refractivity contribution is -0.120. The molecule has 1 fully saturated rings. The summed E-state index contributed by atoms with van der Waals surface area (Å²) < 4.78 is 6.79. The minimum atomic E-state index is -0.203. The second kappa shape index (κ2) is 6.36. The number of aliphatic imine (C=N–C) groups is 2. The first-order chi connectivity index (χ1) is 12.5. The zero-order valence-corrected chi connectivity index (χ0v) is 14.6. The summed E-state index contributed by atoms with van der Waals surface area (Å²) in [6, 6.07) is 5.21. The number of aromatic nitrogens is 2. The number of carbonyl (C=O) groups excluding carboxylic acids is 2. The molecule has 2 aromatic heterocycles. The first-order valence-corrected chi connectivity index (χ1v) is 8.68. The average molecular weight is 353 g/mol. The van der Waals surface area contributed by atoms with Crippen LogP contribution in [0.15, 0.2) is 38.9 Å². The molecule has 0 radical (unpaired) electrons. The Bertz CT molecular complexity index is 921. The van der Waals surface area contributed by atoms with E-state index in [1.807, 2.05) is 0 Å². The van der Waals surface area contributed by atoms with Crippen molar-refractivity contribution in [1.82, 2.24) is 9.78 Å². The normalized spacial score (nSPS) is 19.3. The highest BCUT2D eigenvalue weighted by Crippen LogP contribution is 2.28. The van der Waals surface area contributed by atoms with E-state index >= 15 is 0 Å². The van der Waals surface area contributed by atoms with Gasteiger partial charge in [-0.25, -0.2) is 4.99 Å². The third kappa shape index (κ3) is 2.87. The molecule has 1 N–H and O–H groups in total. The fourth-order valence-electron chi connectivity index (χ4n) is 3.09.